The Labute approximate surface area is 191 Å². The van der Waals surface area contributed by atoms with Crippen molar-refractivity contribution in [1.82, 2.24) is 10.2 Å². The zero-order valence-corrected chi connectivity index (χ0v) is 18.9. The molecule has 0 bridgehead atoms. The van der Waals surface area contributed by atoms with Crippen LogP contribution in [0.3, 0.4) is 0 Å². The van der Waals surface area contributed by atoms with Gasteiger partial charge in [-0.25, -0.2) is 13.2 Å². The van der Waals surface area contributed by atoms with E-state index in [-0.39, 0.29) is 11.6 Å². The third-order valence-corrected chi connectivity index (χ3v) is 6.24. The fraction of sp³-hybridized carbons (Fsp3) is 0.440. The van der Waals surface area contributed by atoms with Crippen LogP contribution in [0.4, 0.5) is 13.2 Å². The molecule has 176 valence electrons. The molecule has 8 heteroatoms. The minimum Gasteiger partial charge on any atom is -0.377 e. The number of rotatable bonds is 6. The van der Waals surface area contributed by atoms with E-state index in [0.29, 0.717) is 37.1 Å². The Morgan fingerprint density at radius 2 is 2.00 bits per heavy atom. The number of halogens is 3. The van der Waals surface area contributed by atoms with Crippen LogP contribution < -0.4 is 5.32 Å². The average Bonchev–Trinajstić information content (AvgIpc) is 3.23. The van der Waals surface area contributed by atoms with Crippen molar-refractivity contribution in [3.63, 3.8) is 0 Å². The lowest BCUT2D eigenvalue weighted by atomic mass is 9.96. The molecule has 3 aliphatic rings. The molecule has 0 aromatic heterocycles. The second-order valence-electron chi connectivity index (χ2n) is 8.86. The van der Waals surface area contributed by atoms with Gasteiger partial charge in [-0.3, -0.25) is 9.79 Å². The van der Waals surface area contributed by atoms with Gasteiger partial charge in [-0.15, -0.1) is 0 Å². The first kappa shape index (κ1) is 23.3. The highest BCUT2D eigenvalue weighted by molar-refractivity contribution is 6.22. The maximum Gasteiger partial charge on any atom is 0.266 e. The van der Waals surface area contributed by atoms with Crippen LogP contribution in [0.2, 0.25) is 0 Å². The van der Waals surface area contributed by atoms with Gasteiger partial charge in [-0.05, 0) is 36.5 Å². The van der Waals surface area contributed by atoms with E-state index >= 15 is 0 Å². The second kappa shape index (κ2) is 9.55. The van der Waals surface area contributed by atoms with E-state index in [4.69, 9.17) is 9.73 Å². The van der Waals surface area contributed by atoms with Crippen LogP contribution in [0, 0.1) is 11.7 Å². The molecule has 3 heterocycles. The number of benzene rings is 1. The molecule has 0 fully saturated rings. The number of allylic oxidation sites excluding steroid dienone is 2. The van der Waals surface area contributed by atoms with Crippen LogP contribution in [-0.4, -0.2) is 42.4 Å². The molecule has 0 saturated carbocycles. The molecule has 0 spiro atoms. The molecule has 1 N–H and O–H groups in total. The van der Waals surface area contributed by atoms with Crippen LogP contribution in [0.15, 0.2) is 58.3 Å². The molecule has 33 heavy (non-hydrogen) atoms. The van der Waals surface area contributed by atoms with Crippen molar-refractivity contribution in [3.8, 4) is 0 Å². The van der Waals surface area contributed by atoms with Gasteiger partial charge in [0.05, 0.1) is 36.4 Å². The van der Waals surface area contributed by atoms with Crippen molar-refractivity contribution >= 4 is 11.7 Å². The van der Waals surface area contributed by atoms with Gasteiger partial charge < -0.3 is 15.0 Å². The molecule has 1 amide bonds. The highest BCUT2D eigenvalue weighted by Gasteiger charge is 2.34. The van der Waals surface area contributed by atoms with E-state index in [9.17, 15) is 18.0 Å². The average molecular weight is 460 g/mol. The van der Waals surface area contributed by atoms with E-state index in [0.717, 1.165) is 23.6 Å². The molecule has 0 saturated heterocycles. The number of amides is 1. The number of carbonyl (C=O) groups is 1. The predicted molar refractivity (Wildman–Crippen MR) is 120 cm³/mol. The first-order valence-electron chi connectivity index (χ1n) is 11.2. The van der Waals surface area contributed by atoms with Crippen molar-refractivity contribution in [2.45, 2.75) is 45.7 Å². The monoisotopic (exact) mass is 459 g/mol. The summed E-state index contributed by atoms with van der Waals surface area (Å²) in [6.07, 6.45) is 3.65. The molecular weight excluding hydrogens is 431 g/mol. The van der Waals surface area contributed by atoms with Crippen LogP contribution in [-0.2, 0) is 9.53 Å². The van der Waals surface area contributed by atoms with Gasteiger partial charge in [0.1, 0.15) is 11.7 Å². The summed E-state index contributed by atoms with van der Waals surface area (Å²) in [6.45, 7) is 7.56. The zero-order chi connectivity index (χ0) is 23.7. The lowest BCUT2D eigenvalue weighted by molar-refractivity contribution is -0.117. The standard InChI is InChI=1S/C25H28F3N3O2/c1-14(2)21-13-31-12-17(16-7-9-33-10-8-16)11-20(24(31)30-21)25(32)29-15(3)18-5-4-6-19(22(18)26)23(27)28/h4-7,11-12,14-15,21,23H,8-10,13H2,1-3H3,(H,29,32)/t15-,21+/m1/s1. The van der Waals surface area contributed by atoms with Gasteiger partial charge in [0.2, 0.25) is 0 Å². The molecule has 3 aliphatic heterocycles. The van der Waals surface area contributed by atoms with Crippen LogP contribution in [0.25, 0.3) is 0 Å². The number of amidine groups is 1. The summed E-state index contributed by atoms with van der Waals surface area (Å²) in [7, 11) is 0. The Morgan fingerprint density at radius 3 is 2.67 bits per heavy atom. The van der Waals surface area contributed by atoms with Gasteiger partial charge in [-0.1, -0.05) is 38.1 Å². The molecule has 0 aliphatic carbocycles. The Hall–Kier alpha value is -2.87. The Kier molecular flexibility index (Phi) is 6.74. The van der Waals surface area contributed by atoms with Crippen molar-refractivity contribution in [2.75, 3.05) is 19.8 Å². The highest BCUT2D eigenvalue weighted by atomic mass is 19.3. The Balaban J connectivity index is 1.63. The first-order valence-corrected chi connectivity index (χ1v) is 11.2. The molecule has 0 radical (unpaired) electrons. The third-order valence-electron chi connectivity index (χ3n) is 6.24. The lowest BCUT2D eigenvalue weighted by Crippen LogP contribution is -2.37. The van der Waals surface area contributed by atoms with Gasteiger partial charge >= 0.3 is 0 Å². The molecule has 1 aromatic carbocycles. The molecule has 1 aromatic rings. The van der Waals surface area contributed by atoms with Crippen LogP contribution in [0.5, 0.6) is 0 Å². The Morgan fingerprint density at radius 1 is 1.24 bits per heavy atom. The van der Waals surface area contributed by atoms with E-state index in [1.165, 1.54) is 12.1 Å². The van der Waals surface area contributed by atoms with Crippen molar-refractivity contribution in [1.29, 1.82) is 0 Å². The van der Waals surface area contributed by atoms with Gasteiger partial charge in [0, 0.05) is 18.3 Å². The maximum atomic E-state index is 14.6. The fourth-order valence-electron chi connectivity index (χ4n) is 4.24. The number of hydrogen-bond donors (Lipinski definition) is 1. The smallest absolute Gasteiger partial charge is 0.266 e. The van der Waals surface area contributed by atoms with Crippen LogP contribution >= 0.6 is 0 Å². The van der Waals surface area contributed by atoms with E-state index in [2.05, 4.69) is 19.2 Å². The largest absolute Gasteiger partial charge is 0.377 e. The third kappa shape index (κ3) is 4.76. The Bertz CT molecular complexity index is 1060. The molecule has 5 nitrogen and oxygen atoms in total. The summed E-state index contributed by atoms with van der Waals surface area (Å²) in [5.41, 5.74) is 1.76. The summed E-state index contributed by atoms with van der Waals surface area (Å²) >= 11 is 0. The normalized spacial score (nSPS) is 21.3. The van der Waals surface area contributed by atoms with Crippen molar-refractivity contribution in [2.24, 2.45) is 10.9 Å². The van der Waals surface area contributed by atoms with Gasteiger partial charge in [0.15, 0.2) is 0 Å². The minimum absolute atomic E-state index is 0.0192. The van der Waals surface area contributed by atoms with Crippen LogP contribution in [0.1, 0.15) is 50.8 Å². The quantitative estimate of drug-likeness (QED) is 0.662. The summed E-state index contributed by atoms with van der Waals surface area (Å²) < 4.78 is 46.3. The van der Waals surface area contributed by atoms with E-state index in [1.54, 1.807) is 6.92 Å². The zero-order valence-electron chi connectivity index (χ0n) is 18.9. The number of nitrogens with one attached hydrogen (secondary N) is 1. The maximum absolute atomic E-state index is 14.6. The van der Waals surface area contributed by atoms with Gasteiger partial charge in [-0.2, -0.15) is 0 Å². The SMILES string of the molecule is CC(C)[C@@H]1CN2C=C(C3=CCOCC3)C=C(C(=O)N[C@H](C)c3cccc(C(F)F)c3F)C2=N1. The summed E-state index contributed by atoms with van der Waals surface area (Å²) in [5, 5.41) is 2.78. The topological polar surface area (TPSA) is 53.9 Å². The highest BCUT2D eigenvalue weighted by Crippen LogP contribution is 2.31. The summed E-state index contributed by atoms with van der Waals surface area (Å²) in [4.78, 5) is 20.1. The van der Waals surface area contributed by atoms with E-state index in [1.807, 2.05) is 23.3 Å². The number of nitrogens with zero attached hydrogens (tertiary/aromatic N) is 2. The summed E-state index contributed by atoms with van der Waals surface area (Å²) in [5.74, 6) is -0.533. The minimum atomic E-state index is -2.93. The number of aliphatic imine (C=N–C) groups is 1. The second-order valence-corrected chi connectivity index (χ2v) is 8.86. The molecular formula is C25H28F3N3O2. The molecule has 2 atom stereocenters. The molecule has 0 unspecified atom stereocenters. The lowest BCUT2D eigenvalue weighted by Gasteiger charge is -2.27. The number of carbonyl (C=O) groups excluding carboxylic acids is 1. The van der Waals surface area contributed by atoms with Gasteiger partial charge in [0.25, 0.3) is 12.3 Å². The number of hydrogen-bond acceptors (Lipinski definition) is 4. The molecule has 4 rings (SSSR count). The first-order chi connectivity index (χ1) is 15.8. The fourth-order valence-corrected chi connectivity index (χ4v) is 4.24. The summed E-state index contributed by atoms with van der Waals surface area (Å²) in [6, 6.07) is 3.08. The van der Waals surface area contributed by atoms with Crippen molar-refractivity contribution < 1.29 is 22.7 Å². The number of alkyl halides is 2. The predicted octanol–water partition coefficient (Wildman–Crippen LogP) is 4.85. The van der Waals surface area contributed by atoms with Crippen molar-refractivity contribution in [3.05, 3.63) is 70.2 Å². The van der Waals surface area contributed by atoms with E-state index < -0.39 is 29.8 Å². The number of fused-ring (bicyclic) bond motifs is 1. The number of ether oxygens (including phenoxy) is 1.